The van der Waals surface area contributed by atoms with Crippen molar-refractivity contribution in [1.82, 2.24) is 10.2 Å². The fraction of sp³-hybridized carbons (Fsp3) is 0.476. The molecule has 0 unspecified atom stereocenters. The molecule has 0 saturated heterocycles. The van der Waals surface area contributed by atoms with Crippen molar-refractivity contribution in [2.24, 2.45) is 5.41 Å². The Hall–Kier alpha value is -2.83. The maximum Gasteiger partial charge on any atom is 0.337 e. The van der Waals surface area contributed by atoms with Crippen LogP contribution in [0.4, 0.5) is 10.5 Å². The number of benzene rings is 1. The van der Waals surface area contributed by atoms with E-state index in [9.17, 15) is 14.4 Å². The van der Waals surface area contributed by atoms with Crippen LogP contribution in [0.3, 0.4) is 0 Å². The van der Waals surface area contributed by atoms with E-state index in [1.54, 1.807) is 36.1 Å². The Bertz CT molecular complexity index is 791. The van der Waals surface area contributed by atoms with E-state index < -0.39 is 17.4 Å². The molecular formula is C21H29N3O4. The van der Waals surface area contributed by atoms with E-state index in [4.69, 9.17) is 4.74 Å². The number of methoxy groups -OCH3 is 1. The number of hydrogen-bond donors (Lipinski definition) is 2. The monoisotopic (exact) mass is 387 g/mol. The largest absolute Gasteiger partial charge is 0.466 e. The van der Waals surface area contributed by atoms with Crippen LogP contribution in [0.5, 0.6) is 0 Å². The number of rotatable bonds is 5. The first-order chi connectivity index (χ1) is 13.1. The predicted molar refractivity (Wildman–Crippen MR) is 108 cm³/mol. The van der Waals surface area contributed by atoms with Crippen LogP contribution in [0.2, 0.25) is 0 Å². The second-order valence-electron chi connectivity index (χ2n) is 7.85. The van der Waals surface area contributed by atoms with E-state index in [-0.39, 0.29) is 11.9 Å². The molecule has 0 fully saturated rings. The van der Waals surface area contributed by atoms with Crippen molar-refractivity contribution < 1.29 is 19.1 Å². The Labute approximate surface area is 166 Å². The number of carbonyl (C=O) groups is 3. The highest BCUT2D eigenvalue weighted by Crippen LogP contribution is 2.32. The van der Waals surface area contributed by atoms with Gasteiger partial charge in [0.05, 0.1) is 18.7 Å². The molecule has 1 heterocycles. The van der Waals surface area contributed by atoms with Gasteiger partial charge in [0.1, 0.15) is 0 Å². The van der Waals surface area contributed by atoms with Crippen molar-refractivity contribution in [2.45, 2.75) is 47.1 Å². The molecule has 1 aromatic carbocycles. The van der Waals surface area contributed by atoms with Gasteiger partial charge in [0.2, 0.25) is 5.91 Å². The Morgan fingerprint density at radius 2 is 1.82 bits per heavy atom. The smallest absolute Gasteiger partial charge is 0.337 e. The van der Waals surface area contributed by atoms with Crippen molar-refractivity contribution in [3.63, 3.8) is 0 Å². The maximum atomic E-state index is 12.5. The minimum absolute atomic E-state index is 0.0904. The fourth-order valence-corrected chi connectivity index (χ4v) is 2.98. The quantitative estimate of drug-likeness (QED) is 0.756. The van der Waals surface area contributed by atoms with Crippen molar-refractivity contribution in [1.29, 1.82) is 0 Å². The molecule has 1 aliphatic rings. The lowest BCUT2D eigenvalue weighted by atomic mass is 9.94. The molecule has 2 N–H and O–H groups in total. The van der Waals surface area contributed by atoms with E-state index in [2.05, 4.69) is 10.6 Å². The number of nitrogens with zero attached hydrogens (tertiary/aromatic N) is 1. The highest BCUT2D eigenvalue weighted by Gasteiger charge is 2.35. The molecule has 1 aromatic rings. The number of nitrogens with one attached hydrogen (secondary N) is 2. The maximum absolute atomic E-state index is 12.5. The van der Waals surface area contributed by atoms with Gasteiger partial charge in [-0.2, -0.15) is 0 Å². The lowest BCUT2D eigenvalue weighted by Crippen LogP contribution is -2.48. The molecule has 2 rings (SSSR count). The highest BCUT2D eigenvalue weighted by atomic mass is 16.5. The molecule has 152 valence electrons. The number of anilines is 1. The van der Waals surface area contributed by atoms with Gasteiger partial charge in [-0.25, -0.2) is 9.59 Å². The van der Waals surface area contributed by atoms with E-state index in [1.807, 2.05) is 27.7 Å². The van der Waals surface area contributed by atoms with Crippen LogP contribution in [0.1, 0.15) is 52.6 Å². The Morgan fingerprint density at radius 1 is 1.21 bits per heavy atom. The van der Waals surface area contributed by atoms with E-state index in [0.717, 1.165) is 12.0 Å². The molecule has 0 radical (unpaired) electrons. The Kier molecular flexibility index (Phi) is 6.48. The van der Waals surface area contributed by atoms with Crippen LogP contribution in [-0.2, 0) is 14.3 Å². The summed E-state index contributed by atoms with van der Waals surface area (Å²) in [5.74, 6) is -0.568. The van der Waals surface area contributed by atoms with Crippen molar-refractivity contribution in [3.05, 3.63) is 41.1 Å². The number of ether oxygens (including phenoxy) is 1. The van der Waals surface area contributed by atoms with E-state index in [0.29, 0.717) is 23.5 Å². The van der Waals surface area contributed by atoms with Gasteiger partial charge in [-0.05, 0) is 31.0 Å². The fourth-order valence-electron chi connectivity index (χ4n) is 2.98. The molecule has 0 bridgehead atoms. The number of esters is 1. The van der Waals surface area contributed by atoms with Gasteiger partial charge in [-0.15, -0.1) is 0 Å². The van der Waals surface area contributed by atoms with Gasteiger partial charge in [0.15, 0.2) is 0 Å². The number of allylic oxidation sites excluding steroid dienone is 1. The molecule has 0 aliphatic carbocycles. The summed E-state index contributed by atoms with van der Waals surface area (Å²) in [5.41, 5.74) is 1.88. The minimum atomic E-state index is -0.611. The number of hydrogen-bond acceptors (Lipinski definition) is 4. The third-order valence-corrected chi connectivity index (χ3v) is 4.63. The van der Waals surface area contributed by atoms with Crippen molar-refractivity contribution in [2.75, 3.05) is 19.0 Å². The first kappa shape index (κ1) is 21.5. The average molecular weight is 387 g/mol. The first-order valence-electron chi connectivity index (χ1n) is 9.38. The van der Waals surface area contributed by atoms with Crippen molar-refractivity contribution >= 4 is 23.6 Å². The molecule has 28 heavy (non-hydrogen) atoms. The summed E-state index contributed by atoms with van der Waals surface area (Å²) in [6.45, 7) is 9.76. The van der Waals surface area contributed by atoms with Crippen LogP contribution in [-0.4, -0.2) is 36.5 Å². The molecule has 7 nitrogen and oxygen atoms in total. The third-order valence-electron chi connectivity index (χ3n) is 4.63. The van der Waals surface area contributed by atoms with Crippen LogP contribution < -0.4 is 10.6 Å². The molecule has 0 saturated carbocycles. The zero-order chi connectivity index (χ0) is 21.1. The Balaban J connectivity index is 2.35. The lowest BCUT2D eigenvalue weighted by Gasteiger charge is -2.35. The summed E-state index contributed by atoms with van der Waals surface area (Å²) >= 11 is 0. The zero-order valence-electron chi connectivity index (χ0n) is 17.4. The zero-order valence-corrected chi connectivity index (χ0v) is 17.4. The molecular weight excluding hydrogens is 358 g/mol. The number of urea groups is 1. The molecule has 3 amide bonds. The third kappa shape index (κ3) is 4.52. The number of carbonyl (C=O) groups excluding carboxylic acids is 3. The average Bonchev–Trinajstić information content (AvgIpc) is 2.64. The van der Waals surface area contributed by atoms with Gasteiger partial charge in [0.25, 0.3) is 0 Å². The number of amides is 3. The summed E-state index contributed by atoms with van der Waals surface area (Å²) in [5, 5.41) is 5.75. The molecule has 0 aromatic heterocycles. The summed E-state index contributed by atoms with van der Waals surface area (Å²) < 4.78 is 4.96. The van der Waals surface area contributed by atoms with Crippen LogP contribution in [0.15, 0.2) is 35.5 Å². The molecule has 7 heteroatoms. The van der Waals surface area contributed by atoms with Crippen LogP contribution in [0.25, 0.3) is 0 Å². The van der Waals surface area contributed by atoms with Crippen LogP contribution in [0, 0.1) is 5.41 Å². The second-order valence-corrected chi connectivity index (χ2v) is 7.85. The highest BCUT2D eigenvalue weighted by molar-refractivity contribution is 5.96. The van der Waals surface area contributed by atoms with Gasteiger partial charge in [-0.3, -0.25) is 9.69 Å². The van der Waals surface area contributed by atoms with E-state index in [1.165, 1.54) is 7.11 Å². The summed E-state index contributed by atoms with van der Waals surface area (Å²) in [4.78, 5) is 38.7. The normalized spacial score (nSPS) is 17.3. The topological polar surface area (TPSA) is 87.7 Å². The Morgan fingerprint density at radius 3 is 2.32 bits per heavy atom. The van der Waals surface area contributed by atoms with Gasteiger partial charge in [0, 0.05) is 23.3 Å². The lowest BCUT2D eigenvalue weighted by molar-refractivity contribution is -0.136. The summed E-state index contributed by atoms with van der Waals surface area (Å²) in [6, 6.07) is 6.23. The van der Waals surface area contributed by atoms with Crippen molar-refractivity contribution in [3.8, 4) is 0 Å². The molecule has 0 spiro atoms. The summed E-state index contributed by atoms with van der Waals surface area (Å²) in [6.07, 6.45) is 0.770. The van der Waals surface area contributed by atoms with Crippen LogP contribution >= 0.6 is 0 Å². The van der Waals surface area contributed by atoms with E-state index >= 15 is 0 Å². The second kappa shape index (κ2) is 8.46. The predicted octanol–water partition coefficient (Wildman–Crippen LogP) is 3.59. The van der Waals surface area contributed by atoms with Gasteiger partial charge >= 0.3 is 12.0 Å². The van der Waals surface area contributed by atoms with Gasteiger partial charge < -0.3 is 15.4 Å². The molecule has 1 aliphatic heterocycles. The standard InChI is InChI=1S/C21H29N3O4/c1-7-12-24-13(2)16(18(25)28-6)17(23-20(24)27)14-8-10-15(11-9-14)22-19(26)21(3,4)5/h8-11,17H,7,12H2,1-6H3,(H,22,26)(H,23,27)/t17-/m0/s1. The minimum Gasteiger partial charge on any atom is -0.466 e. The van der Waals surface area contributed by atoms with Gasteiger partial charge in [-0.1, -0.05) is 39.8 Å². The molecule has 1 atom stereocenters. The first-order valence-corrected chi connectivity index (χ1v) is 9.38. The SMILES string of the molecule is CCCN1C(=O)N[C@@H](c2ccc(NC(=O)C(C)(C)C)cc2)C(C(=O)OC)=C1C. The summed E-state index contributed by atoms with van der Waals surface area (Å²) in [7, 11) is 1.32.